The highest BCUT2D eigenvalue weighted by Gasteiger charge is 2.48. The number of nitrogens with one attached hydrogen (secondary N) is 1. The molecule has 1 aromatic heterocycles. The Bertz CT molecular complexity index is 1610. The molecule has 3 aromatic rings. The van der Waals surface area contributed by atoms with Crippen molar-refractivity contribution in [1.82, 2.24) is 29.9 Å². The number of piperidine rings is 2. The zero-order valence-electron chi connectivity index (χ0n) is 26.0. The van der Waals surface area contributed by atoms with Crippen molar-refractivity contribution in [1.29, 1.82) is 0 Å². The third kappa shape index (κ3) is 6.29. The average Bonchev–Trinajstić information content (AvgIpc) is 3.38. The highest BCUT2D eigenvalue weighted by Crippen LogP contribution is 2.36. The van der Waals surface area contributed by atoms with Crippen LogP contribution in [0.15, 0.2) is 66.9 Å². The van der Waals surface area contributed by atoms with Crippen molar-refractivity contribution in [2.45, 2.75) is 56.4 Å². The number of imide groups is 1. The number of benzene rings is 2. The second-order valence-electron chi connectivity index (χ2n) is 12.9. The molecule has 7 rings (SSSR count). The Balaban J connectivity index is 0.983. The molecule has 3 fully saturated rings. The van der Waals surface area contributed by atoms with Crippen LogP contribution in [0.3, 0.4) is 0 Å². The standard InChI is InChI=1S/C35H37F3N6O3/c36-26-19-23(18-25-21-44(34(47)31(25)26)28-9-10-30(45)40-33(28)46)20-41-13-11-29(35(37,38)22-41)42-14-16-43(17-15-42)32(24-6-2-1-3-7-24)27-8-4-5-12-39-27/h1-8,12,18-19,28-29,32H,9-11,13-17,20-22H2,(H,40,45,46). The molecule has 3 unspecified atom stereocenters. The quantitative estimate of drug-likeness (QED) is 0.393. The van der Waals surface area contributed by atoms with Crippen LogP contribution in [0.1, 0.15) is 58.0 Å². The predicted molar refractivity (Wildman–Crippen MR) is 167 cm³/mol. The number of likely N-dealkylation sites (tertiary alicyclic amines) is 1. The fourth-order valence-electron chi connectivity index (χ4n) is 7.70. The lowest BCUT2D eigenvalue weighted by atomic mass is 9.96. The summed E-state index contributed by atoms with van der Waals surface area (Å²) in [6.07, 6.45) is 2.34. The minimum absolute atomic E-state index is 0.0287. The van der Waals surface area contributed by atoms with Gasteiger partial charge >= 0.3 is 0 Å². The fourth-order valence-corrected chi connectivity index (χ4v) is 7.70. The SMILES string of the molecule is O=C1CCC(N2Cc3cc(CN4CCC(N5CCN(C(c6ccccc6)c6ccccn6)CC5)C(F)(F)C4)cc(F)c3C2=O)C(=O)N1. The molecule has 47 heavy (non-hydrogen) atoms. The van der Waals surface area contributed by atoms with Gasteiger partial charge in [-0.3, -0.25) is 39.4 Å². The molecule has 0 aliphatic carbocycles. The van der Waals surface area contributed by atoms with Crippen LogP contribution in [-0.2, 0) is 22.7 Å². The van der Waals surface area contributed by atoms with Crippen molar-refractivity contribution in [2.75, 3.05) is 39.3 Å². The van der Waals surface area contributed by atoms with Crippen LogP contribution < -0.4 is 5.32 Å². The first kappa shape index (κ1) is 31.5. The summed E-state index contributed by atoms with van der Waals surface area (Å²) in [4.78, 5) is 48.7. The Labute approximate surface area is 271 Å². The van der Waals surface area contributed by atoms with Crippen LogP contribution in [0.4, 0.5) is 13.2 Å². The van der Waals surface area contributed by atoms with Crippen LogP contribution in [0.5, 0.6) is 0 Å². The molecular formula is C35H37F3N6O3. The van der Waals surface area contributed by atoms with E-state index in [4.69, 9.17) is 0 Å². The number of halogens is 3. The van der Waals surface area contributed by atoms with Gasteiger partial charge in [0.1, 0.15) is 11.9 Å². The minimum Gasteiger partial charge on any atom is -0.322 e. The number of hydrogen-bond donors (Lipinski definition) is 1. The van der Waals surface area contributed by atoms with Gasteiger partial charge in [0.2, 0.25) is 11.8 Å². The normalized spacial score (nSPS) is 24.7. The Kier molecular flexibility index (Phi) is 8.58. The molecule has 246 valence electrons. The lowest BCUT2D eigenvalue weighted by Gasteiger charge is -2.47. The monoisotopic (exact) mass is 646 g/mol. The number of nitrogens with zero attached hydrogens (tertiary/aromatic N) is 5. The Hall–Kier alpha value is -4.13. The molecule has 4 aliphatic rings. The molecule has 3 atom stereocenters. The van der Waals surface area contributed by atoms with E-state index in [9.17, 15) is 14.4 Å². The van der Waals surface area contributed by atoms with Gasteiger partial charge in [0.05, 0.1) is 29.9 Å². The number of amides is 3. The van der Waals surface area contributed by atoms with E-state index < -0.39 is 48.1 Å². The largest absolute Gasteiger partial charge is 0.322 e. The molecule has 9 nitrogen and oxygen atoms in total. The zero-order chi connectivity index (χ0) is 32.7. The maximum atomic E-state index is 15.8. The molecule has 0 spiro atoms. The summed E-state index contributed by atoms with van der Waals surface area (Å²) in [6.45, 7) is 2.44. The van der Waals surface area contributed by atoms with E-state index in [1.54, 1.807) is 17.2 Å². The van der Waals surface area contributed by atoms with Crippen molar-refractivity contribution in [3.63, 3.8) is 0 Å². The van der Waals surface area contributed by atoms with Gasteiger partial charge in [0.25, 0.3) is 11.8 Å². The van der Waals surface area contributed by atoms with E-state index in [1.807, 2.05) is 41.3 Å². The molecule has 0 bridgehead atoms. The van der Waals surface area contributed by atoms with Crippen molar-refractivity contribution in [3.05, 3.63) is 101 Å². The molecule has 12 heteroatoms. The van der Waals surface area contributed by atoms with Gasteiger partial charge in [-0.25, -0.2) is 13.2 Å². The van der Waals surface area contributed by atoms with Gasteiger partial charge in [0.15, 0.2) is 0 Å². The van der Waals surface area contributed by atoms with E-state index in [0.29, 0.717) is 43.9 Å². The van der Waals surface area contributed by atoms with Gasteiger partial charge in [-0.05, 0) is 47.7 Å². The number of alkyl halides is 2. The summed E-state index contributed by atoms with van der Waals surface area (Å²) in [7, 11) is 0. The number of carbonyl (C=O) groups excluding carboxylic acids is 3. The topological polar surface area (TPSA) is 89.1 Å². The highest BCUT2D eigenvalue weighted by atomic mass is 19.3. The number of piperazine rings is 1. The predicted octanol–water partition coefficient (Wildman–Crippen LogP) is 3.60. The molecular weight excluding hydrogens is 609 g/mol. The fraction of sp³-hybridized carbons (Fsp3) is 0.429. The Morgan fingerprint density at radius 2 is 1.70 bits per heavy atom. The van der Waals surface area contributed by atoms with E-state index in [0.717, 1.165) is 11.3 Å². The lowest BCUT2D eigenvalue weighted by molar-refractivity contribution is -0.137. The first-order valence-corrected chi connectivity index (χ1v) is 16.2. The highest BCUT2D eigenvalue weighted by molar-refractivity contribution is 6.05. The second kappa shape index (κ2) is 12.8. The van der Waals surface area contributed by atoms with E-state index >= 15 is 13.2 Å². The summed E-state index contributed by atoms with van der Waals surface area (Å²) >= 11 is 0. The molecule has 0 radical (unpaired) electrons. The number of aromatic nitrogens is 1. The average molecular weight is 647 g/mol. The first-order valence-electron chi connectivity index (χ1n) is 16.2. The lowest BCUT2D eigenvalue weighted by Crippen LogP contribution is -2.61. The van der Waals surface area contributed by atoms with Gasteiger partial charge in [-0.1, -0.05) is 42.5 Å². The van der Waals surface area contributed by atoms with Gasteiger partial charge in [-0.2, -0.15) is 0 Å². The summed E-state index contributed by atoms with van der Waals surface area (Å²) in [6, 6.07) is 17.1. The van der Waals surface area contributed by atoms with E-state index in [2.05, 4.69) is 27.3 Å². The smallest absolute Gasteiger partial charge is 0.275 e. The van der Waals surface area contributed by atoms with Gasteiger partial charge < -0.3 is 4.90 Å². The van der Waals surface area contributed by atoms with Crippen LogP contribution in [0.2, 0.25) is 0 Å². The number of fused-ring (bicyclic) bond motifs is 1. The zero-order valence-corrected chi connectivity index (χ0v) is 26.0. The van der Waals surface area contributed by atoms with E-state index in [-0.39, 0.29) is 44.0 Å². The minimum atomic E-state index is -2.96. The summed E-state index contributed by atoms with van der Waals surface area (Å²) in [5.41, 5.74) is 2.88. The van der Waals surface area contributed by atoms with Crippen molar-refractivity contribution in [2.24, 2.45) is 0 Å². The Morgan fingerprint density at radius 1 is 0.936 bits per heavy atom. The molecule has 0 saturated carbocycles. The van der Waals surface area contributed by atoms with Crippen LogP contribution in [-0.4, -0.2) is 99.6 Å². The molecule has 1 N–H and O–H groups in total. The van der Waals surface area contributed by atoms with Crippen LogP contribution >= 0.6 is 0 Å². The van der Waals surface area contributed by atoms with Crippen molar-refractivity contribution in [3.8, 4) is 0 Å². The Morgan fingerprint density at radius 3 is 2.40 bits per heavy atom. The third-order valence-electron chi connectivity index (χ3n) is 9.92. The third-order valence-corrected chi connectivity index (χ3v) is 9.92. The summed E-state index contributed by atoms with van der Waals surface area (Å²) < 4.78 is 46.8. The molecule has 3 amide bonds. The summed E-state index contributed by atoms with van der Waals surface area (Å²) in [5.74, 6) is -5.26. The van der Waals surface area contributed by atoms with Gasteiger partial charge in [0, 0.05) is 58.4 Å². The van der Waals surface area contributed by atoms with Gasteiger partial charge in [-0.15, -0.1) is 0 Å². The maximum absolute atomic E-state index is 15.8. The molecule has 4 aliphatic heterocycles. The number of hydrogen-bond acceptors (Lipinski definition) is 7. The summed E-state index contributed by atoms with van der Waals surface area (Å²) in [5, 5.41) is 2.24. The van der Waals surface area contributed by atoms with Crippen LogP contribution in [0.25, 0.3) is 0 Å². The second-order valence-corrected chi connectivity index (χ2v) is 12.9. The van der Waals surface area contributed by atoms with E-state index in [1.165, 1.54) is 11.0 Å². The number of pyridine rings is 1. The van der Waals surface area contributed by atoms with Crippen LogP contribution in [0, 0.1) is 5.82 Å². The number of rotatable bonds is 7. The molecule has 2 aromatic carbocycles. The van der Waals surface area contributed by atoms with Crippen molar-refractivity contribution < 1.29 is 27.6 Å². The first-order chi connectivity index (χ1) is 22.7. The van der Waals surface area contributed by atoms with Crippen molar-refractivity contribution >= 4 is 17.7 Å². The molecule has 5 heterocycles. The molecule has 3 saturated heterocycles. The number of carbonyl (C=O) groups is 3. The maximum Gasteiger partial charge on any atom is 0.275 e.